The van der Waals surface area contributed by atoms with Gasteiger partial charge >= 0.3 is 0 Å². The topological polar surface area (TPSA) is 34.5 Å². The number of rotatable bonds is 1. The van der Waals surface area contributed by atoms with Crippen molar-refractivity contribution < 1.29 is 4.74 Å². The minimum atomic E-state index is 0.546. The second-order valence-electron chi connectivity index (χ2n) is 2.48. The quantitative estimate of drug-likeness (QED) is 0.662. The van der Waals surface area contributed by atoms with Crippen LogP contribution >= 0.6 is 11.6 Å². The third-order valence-electron chi connectivity index (χ3n) is 1.73. The Bertz CT molecular complexity index is 349. The predicted octanol–water partition coefficient (Wildman–Crippen LogP) is 1.68. The number of nitrogens with zero attached hydrogens (tertiary/aromatic N) is 2. The maximum Gasteiger partial charge on any atom is 0.214 e. The fourth-order valence-electron chi connectivity index (χ4n) is 1.13. The molecule has 1 aromatic heterocycles. The molecule has 0 fully saturated rings. The molecule has 4 heteroatoms. The number of hydrogen-bond acceptors (Lipinski definition) is 3. The van der Waals surface area contributed by atoms with Gasteiger partial charge in [0, 0.05) is 17.8 Å². The van der Waals surface area contributed by atoms with Crippen LogP contribution in [0.15, 0.2) is 11.1 Å². The molecule has 0 unspecified atom stereocenters. The Kier molecular flexibility index (Phi) is 1.73. The van der Waals surface area contributed by atoms with Gasteiger partial charge in [-0.25, -0.2) is 4.98 Å². The highest BCUT2D eigenvalue weighted by molar-refractivity contribution is 6.33. The number of fused-ring (bicyclic) bond motifs is 1. The maximum atomic E-state index is 5.94. The summed E-state index contributed by atoms with van der Waals surface area (Å²) in [6.07, 6.45) is 1.74. The van der Waals surface area contributed by atoms with Crippen molar-refractivity contribution >= 4 is 17.8 Å². The first-order chi connectivity index (χ1) is 5.81. The van der Waals surface area contributed by atoms with Crippen LogP contribution in [-0.4, -0.2) is 18.3 Å². The van der Waals surface area contributed by atoms with Gasteiger partial charge < -0.3 is 4.74 Å². The number of aliphatic imine (C=N–C) groups is 1. The highest BCUT2D eigenvalue weighted by atomic mass is 35.5. The second kappa shape index (κ2) is 2.75. The average molecular weight is 183 g/mol. The molecule has 62 valence electrons. The molecule has 3 nitrogen and oxygen atoms in total. The molecule has 0 saturated carbocycles. The number of aromatic nitrogens is 1. The van der Waals surface area contributed by atoms with Crippen LogP contribution < -0.4 is 4.74 Å². The summed E-state index contributed by atoms with van der Waals surface area (Å²) < 4.78 is 4.97. The van der Waals surface area contributed by atoms with Crippen LogP contribution in [0, 0.1) is 0 Å². The van der Waals surface area contributed by atoms with E-state index in [1.807, 2.05) is 0 Å². The molecule has 1 aromatic rings. The highest BCUT2D eigenvalue weighted by Gasteiger charge is 2.13. The van der Waals surface area contributed by atoms with Crippen LogP contribution in [0.3, 0.4) is 0 Å². The van der Waals surface area contributed by atoms with Crippen molar-refractivity contribution in [2.45, 2.75) is 6.54 Å². The minimum Gasteiger partial charge on any atom is -0.481 e. The lowest BCUT2D eigenvalue weighted by Gasteiger charge is -2.02. The molecule has 0 saturated heterocycles. The summed E-state index contributed by atoms with van der Waals surface area (Å²) in [5, 5.41) is 0.651. The molecule has 0 bridgehead atoms. The summed E-state index contributed by atoms with van der Waals surface area (Å²) >= 11 is 5.94. The smallest absolute Gasteiger partial charge is 0.214 e. The Morgan fingerprint density at radius 3 is 3.17 bits per heavy atom. The molecule has 1 aliphatic rings. The van der Waals surface area contributed by atoms with E-state index in [2.05, 4.69) is 9.98 Å². The molecule has 2 rings (SSSR count). The van der Waals surface area contributed by atoms with E-state index in [4.69, 9.17) is 16.3 Å². The Balaban J connectivity index is 2.56. The monoisotopic (exact) mass is 182 g/mol. The van der Waals surface area contributed by atoms with E-state index in [1.54, 1.807) is 19.4 Å². The zero-order valence-electron chi connectivity index (χ0n) is 6.54. The first-order valence-corrected chi connectivity index (χ1v) is 3.92. The first kappa shape index (κ1) is 7.55. The van der Waals surface area contributed by atoms with Crippen LogP contribution in [0.4, 0.5) is 0 Å². The average Bonchev–Trinajstić information content (AvgIpc) is 2.52. The Morgan fingerprint density at radius 2 is 2.42 bits per heavy atom. The van der Waals surface area contributed by atoms with Crippen molar-refractivity contribution in [3.05, 3.63) is 22.3 Å². The Hall–Kier alpha value is -1.09. The van der Waals surface area contributed by atoms with E-state index in [0.29, 0.717) is 17.4 Å². The summed E-state index contributed by atoms with van der Waals surface area (Å²) in [5.41, 5.74) is 1.80. The summed E-state index contributed by atoms with van der Waals surface area (Å²) in [6.45, 7) is 0.603. The first-order valence-electron chi connectivity index (χ1n) is 3.54. The standard InChI is InChI=1S/C8H7ClN2O/c1-12-8-2-6(9)5-3-10-4-7(5)11-8/h2-3H,4H2,1H3. The van der Waals surface area contributed by atoms with Crippen molar-refractivity contribution in [1.82, 2.24) is 4.98 Å². The SMILES string of the molecule is COc1cc(Cl)c2c(n1)CN=C2. The molecule has 1 aliphatic heterocycles. The van der Waals surface area contributed by atoms with Gasteiger partial charge in [-0.2, -0.15) is 0 Å². The van der Waals surface area contributed by atoms with Gasteiger partial charge in [0.2, 0.25) is 5.88 Å². The van der Waals surface area contributed by atoms with Gasteiger partial charge in [-0.1, -0.05) is 11.6 Å². The van der Waals surface area contributed by atoms with Gasteiger partial charge in [0.05, 0.1) is 24.4 Å². The zero-order chi connectivity index (χ0) is 8.55. The molecule has 0 aliphatic carbocycles. The molecule has 2 heterocycles. The highest BCUT2D eigenvalue weighted by Crippen LogP contribution is 2.25. The van der Waals surface area contributed by atoms with E-state index < -0.39 is 0 Å². The van der Waals surface area contributed by atoms with Crippen molar-refractivity contribution in [2.75, 3.05) is 7.11 Å². The summed E-state index contributed by atoms with van der Waals surface area (Å²) in [7, 11) is 1.57. The predicted molar refractivity (Wildman–Crippen MR) is 47.1 cm³/mol. The van der Waals surface area contributed by atoms with E-state index in [0.717, 1.165) is 11.3 Å². The number of halogens is 1. The second-order valence-corrected chi connectivity index (χ2v) is 2.88. The van der Waals surface area contributed by atoms with Crippen LogP contribution in [0.2, 0.25) is 5.02 Å². The van der Waals surface area contributed by atoms with E-state index in [9.17, 15) is 0 Å². The summed E-state index contributed by atoms with van der Waals surface area (Å²) in [6, 6.07) is 1.69. The van der Waals surface area contributed by atoms with Gasteiger partial charge in [0.15, 0.2) is 0 Å². The van der Waals surface area contributed by atoms with Crippen molar-refractivity contribution in [3.8, 4) is 5.88 Å². The third kappa shape index (κ3) is 1.06. The van der Waals surface area contributed by atoms with Gasteiger partial charge in [-0.3, -0.25) is 4.99 Å². The van der Waals surface area contributed by atoms with Gasteiger partial charge in [0.25, 0.3) is 0 Å². The molecule has 0 radical (unpaired) electrons. The van der Waals surface area contributed by atoms with E-state index in [-0.39, 0.29) is 0 Å². The lowest BCUT2D eigenvalue weighted by atomic mass is 10.2. The molecule has 0 N–H and O–H groups in total. The number of methoxy groups -OCH3 is 1. The van der Waals surface area contributed by atoms with Crippen LogP contribution in [0.25, 0.3) is 0 Å². The largest absolute Gasteiger partial charge is 0.481 e. The zero-order valence-corrected chi connectivity index (χ0v) is 7.30. The Morgan fingerprint density at radius 1 is 1.58 bits per heavy atom. The van der Waals surface area contributed by atoms with E-state index in [1.165, 1.54) is 0 Å². The van der Waals surface area contributed by atoms with Crippen molar-refractivity contribution in [2.24, 2.45) is 4.99 Å². The Labute approximate surface area is 75.1 Å². The molecular weight excluding hydrogens is 176 g/mol. The number of ether oxygens (including phenoxy) is 1. The van der Waals surface area contributed by atoms with Crippen molar-refractivity contribution in [3.63, 3.8) is 0 Å². The number of hydrogen-bond donors (Lipinski definition) is 0. The lowest BCUT2D eigenvalue weighted by molar-refractivity contribution is 0.396. The van der Waals surface area contributed by atoms with Crippen LogP contribution in [0.1, 0.15) is 11.3 Å². The van der Waals surface area contributed by atoms with Crippen LogP contribution in [-0.2, 0) is 6.54 Å². The third-order valence-corrected chi connectivity index (χ3v) is 2.05. The molecular formula is C8H7ClN2O. The lowest BCUT2D eigenvalue weighted by Crippen LogP contribution is -1.95. The fraction of sp³-hybridized carbons (Fsp3) is 0.250. The van der Waals surface area contributed by atoms with Gasteiger partial charge in [-0.05, 0) is 0 Å². The fourth-order valence-corrected chi connectivity index (χ4v) is 1.39. The van der Waals surface area contributed by atoms with Gasteiger partial charge in [0.1, 0.15) is 0 Å². The molecule has 0 aromatic carbocycles. The normalized spacial score (nSPS) is 13.2. The number of pyridine rings is 1. The van der Waals surface area contributed by atoms with Crippen LogP contribution in [0.5, 0.6) is 5.88 Å². The molecule has 0 amide bonds. The minimum absolute atomic E-state index is 0.546. The molecule has 0 spiro atoms. The van der Waals surface area contributed by atoms with E-state index >= 15 is 0 Å². The summed E-state index contributed by atoms with van der Waals surface area (Å²) in [4.78, 5) is 8.26. The van der Waals surface area contributed by atoms with Gasteiger partial charge in [-0.15, -0.1) is 0 Å². The summed E-state index contributed by atoms with van der Waals surface area (Å²) in [5.74, 6) is 0.546. The molecule has 12 heavy (non-hydrogen) atoms. The maximum absolute atomic E-state index is 5.94. The molecule has 0 atom stereocenters. The van der Waals surface area contributed by atoms with Crippen molar-refractivity contribution in [1.29, 1.82) is 0 Å².